The monoisotopic (exact) mass is 410 g/mol. The quantitative estimate of drug-likeness (QED) is 0.710. The molecule has 0 unspecified atom stereocenters. The maximum atomic E-state index is 12.1. The highest BCUT2D eigenvalue weighted by molar-refractivity contribution is 5.96. The van der Waals surface area contributed by atoms with Crippen LogP contribution in [0.4, 0.5) is 5.69 Å². The molecule has 2 aliphatic rings. The molecule has 156 valence electrons. The summed E-state index contributed by atoms with van der Waals surface area (Å²) in [5, 5.41) is 5.11. The van der Waals surface area contributed by atoms with E-state index >= 15 is 0 Å². The van der Waals surface area contributed by atoms with Gasteiger partial charge in [0.15, 0.2) is 18.1 Å². The molecule has 8 nitrogen and oxygen atoms in total. The zero-order valence-corrected chi connectivity index (χ0v) is 16.3. The van der Waals surface area contributed by atoms with E-state index in [2.05, 4.69) is 10.6 Å². The van der Waals surface area contributed by atoms with Crippen LogP contribution in [0.5, 0.6) is 11.5 Å². The number of esters is 1. The van der Waals surface area contributed by atoms with Crippen molar-refractivity contribution in [2.45, 2.75) is 31.5 Å². The molecule has 0 atom stereocenters. The number of benzene rings is 2. The van der Waals surface area contributed by atoms with Crippen LogP contribution < -0.4 is 20.1 Å². The second-order valence-corrected chi connectivity index (χ2v) is 7.24. The largest absolute Gasteiger partial charge is 0.454 e. The molecule has 1 saturated carbocycles. The van der Waals surface area contributed by atoms with Gasteiger partial charge in [-0.25, -0.2) is 0 Å². The van der Waals surface area contributed by atoms with Gasteiger partial charge in [-0.3, -0.25) is 14.4 Å². The Morgan fingerprint density at radius 1 is 0.967 bits per heavy atom. The molecule has 2 N–H and O–H groups in total. The van der Waals surface area contributed by atoms with E-state index in [9.17, 15) is 14.4 Å². The van der Waals surface area contributed by atoms with E-state index in [1.165, 1.54) is 0 Å². The standard InChI is InChI=1S/C22H22N2O6/c25-19(14-28-20(26)13-23-21(27)15-6-2-1-3-7-15)24-16-8-9-17-18(12-16)30-22(29-17)10-4-5-11-22/h1-3,6-9,12H,4-5,10-11,13-14H2,(H,23,27)(H,24,25). The molecule has 4 rings (SSSR count). The Balaban J connectivity index is 1.22. The molecule has 0 saturated heterocycles. The number of nitrogens with one attached hydrogen (secondary N) is 2. The molecule has 2 aromatic carbocycles. The number of rotatable bonds is 6. The number of carbonyl (C=O) groups is 3. The maximum Gasteiger partial charge on any atom is 0.325 e. The van der Waals surface area contributed by atoms with E-state index in [0.29, 0.717) is 22.7 Å². The predicted molar refractivity (Wildman–Crippen MR) is 107 cm³/mol. The van der Waals surface area contributed by atoms with E-state index in [1.807, 2.05) is 0 Å². The number of hydrogen-bond acceptors (Lipinski definition) is 6. The summed E-state index contributed by atoms with van der Waals surface area (Å²) in [6, 6.07) is 13.7. The summed E-state index contributed by atoms with van der Waals surface area (Å²) < 4.78 is 16.8. The van der Waals surface area contributed by atoms with E-state index in [4.69, 9.17) is 14.2 Å². The van der Waals surface area contributed by atoms with Crippen LogP contribution in [-0.2, 0) is 14.3 Å². The Morgan fingerprint density at radius 3 is 2.47 bits per heavy atom. The van der Waals surface area contributed by atoms with E-state index < -0.39 is 30.2 Å². The van der Waals surface area contributed by atoms with Gasteiger partial charge >= 0.3 is 5.97 Å². The molecule has 1 aliphatic heterocycles. The summed E-state index contributed by atoms with van der Waals surface area (Å²) in [5.74, 6) is -0.899. The molecule has 0 bridgehead atoms. The summed E-state index contributed by atoms with van der Waals surface area (Å²) in [6.45, 7) is -0.786. The van der Waals surface area contributed by atoms with E-state index in [-0.39, 0.29) is 6.54 Å². The van der Waals surface area contributed by atoms with Gasteiger partial charge in [-0.05, 0) is 37.1 Å². The lowest BCUT2D eigenvalue weighted by Crippen LogP contribution is -2.34. The smallest absolute Gasteiger partial charge is 0.325 e. The van der Waals surface area contributed by atoms with E-state index in [1.54, 1.807) is 48.5 Å². The van der Waals surface area contributed by atoms with Crippen molar-refractivity contribution >= 4 is 23.5 Å². The minimum atomic E-state index is -0.705. The fraction of sp³-hybridized carbons (Fsp3) is 0.318. The number of carbonyl (C=O) groups excluding carboxylic acids is 3. The lowest BCUT2D eigenvalue weighted by atomic mass is 10.2. The summed E-state index contributed by atoms with van der Waals surface area (Å²) >= 11 is 0. The van der Waals surface area contributed by atoms with Crippen LogP contribution in [0, 0.1) is 0 Å². The Bertz CT molecular complexity index is 953. The normalized spacial score (nSPS) is 15.6. The van der Waals surface area contributed by atoms with Crippen LogP contribution in [0.25, 0.3) is 0 Å². The van der Waals surface area contributed by atoms with Crippen LogP contribution in [0.3, 0.4) is 0 Å². The molecular weight excluding hydrogens is 388 g/mol. The Hall–Kier alpha value is -3.55. The molecule has 1 spiro atoms. The fourth-order valence-electron chi connectivity index (χ4n) is 3.53. The van der Waals surface area contributed by atoms with Crippen molar-refractivity contribution in [2.75, 3.05) is 18.5 Å². The highest BCUT2D eigenvalue weighted by Crippen LogP contribution is 2.47. The third-order valence-corrected chi connectivity index (χ3v) is 4.98. The summed E-state index contributed by atoms with van der Waals surface area (Å²) in [5.41, 5.74) is 0.955. The van der Waals surface area contributed by atoms with Crippen molar-refractivity contribution in [1.29, 1.82) is 0 Å². The maximum absolute atomic E-state index is 12.1. The molecule has 1 heterocycles. The second-order valence-electron chi connectivity index (χ2n) is 7.24. The SMILES string of the molecule is O=C(COC(=O)CNC(=O)c1ccccc1)Nc1ccc2c(c1)OC1(CCCC1)O2. The van der Waals surface area contributed by atoms with Crippen LogP contribution in [0.1, 0.15) is 36.0 Å². The first-order valence-electron chi connectivity index (χ1n) is 9.84. The minimum Gasteiger partial charge on any atom is -0.454 e. The highest BCUT2D eigenvalue weighted by Gasteiger charge is 2.44. The van der Waals surface area contributed by atoms with Crippen molar-refractivity contribution in [3.63, 3.8) is 0 Å². The first-order chi connectivity index (χ1) is 14.5. The average molecular weight is 410 g/mol. The fourth-order valence-corrected chi connectivity index (χ4v) is 3.53. The molecule has 1 aliphatic carbocycles. The summed E-state index contributed by atoms with van der Waals surface area (Å²) in [7, 11) is 0. The van der Waals surface area contributed by atoms with Gasteiger partial charge in [-0.2, -0.15) is 0 Å². The summed E-state index contributed by atoms with van der Waals surface area (Å²) in [4.78, 5) is 35.8. The lowest BCUT2D eigenvalue weighted by Gasteiger charge is -2.21. The zero-order valence-electron chi connectivity index (χ0n) is 16.3. The van der Waals surface area contributed by atoms with Crippen LogP contribution in [0.2, 0.25) is 0 Å². The van der Waals surface area contributed by atoms with Crippen molar-refractivity contribution < 1.29 is 28.6 Å². The van der Waals surface area contributed by atoms with Crippen molar-refractivity contribution in [3.8, 4) is 11.5 Å². The average Bonchev–Trinajstić information content (AvgIpc) is 3.36. The molecule has 30 heavy (non-hydrogen) atoms. The van der Waals surface area contributed by atoms with Crippen LogP contribution in [0.15, 0.2) is 48.5 Å². The van der Waals surface area contributed by atoms with E-state index in [0.717, 1.165) is 25.7 Å². The third kappa shape index (κ3) is 4.53. The Morgan fingerprint density at radius 2 is 1.70 bits per heavy atom. The van der Waals surface area contributed by atoms with Crippen LogP contribution in [-0.4, -0.2) is 36.7 Å². The molecule has 2 amide bonds. The first kappa shape index (κ1) is 19.8. The second kappa shape index (κ2) is 8.44. The molecule has 8 heteroatoms. The van der Waals surface area contributed by atoms with Gasteiger partial charge in [0.2, 0.25) is 0 Å². The van der Waals surface area contributed by atoms with Gasteiger partial charge in [0.25, 0.3) is 17.6 Å². The molecule has 1 fully saturated rings. The Kier molecular flexibility index (Phi) is 5.56. The number of amides is 2. The van der Waals surface area contributed by atoms with Gasteiger partial charge in [-0.1, -0.05) is 18.2 Å². The van der Waals surface area contributed by atoms with Gasteiger partial charge in [0, 0.05) is 30.2 Å². The summed E-state index contributed by atoms with van der Waals surface area (Å²) in [6.07, 6.45) is 3.82. The van der Waals surface area contributed by atoms with Crippen molar-refractivity contribution in [2.24, 2.45) is 0 Å². The zero-order chi connectivity index (χ0) is 21.0. The third-order valence-electron chi connectivity index (χ3n) is 4.98. The van der Waals surface area contributed by atoms with Crippen molar-refractivity contribution in [1.82, 2.24) is 5.32 Å². The molecule has 0 radical (unpaired) electrons. The van der Waals surface area contributed by atoms with Crippen LogP contribution >= 0.6 is 0 Å². The topological polar surface area (TPSA) is 103 Å². The van der Waals surface area contributed by atoms with Gasteiger partial charge in [0.1, 0.15) is 6.54 Å². The molecular formula is C22H22N2O6. The molecule has 2 aromatic rings. The van der Waals surface area contributed by atoms with Crippen molar-refractivity contribution in [3.05, 3.63) is 54.1 Å². The van der Waals surface area contributed by atoms with Gasteiger partial charge in [-0.15, -0.1) is 0 Å². The Labute approximate surface area is 173 Å². The first-order valence-corrected chi connectivity index (χ1v) is 9.84. The van der Waals surface area contributed by atoms with Gasteiger partial charge < -0.3 is 24.8 Å². The van der Waals surface area contributed by atoms with Gasteiger partial charge in [0.05, 0.1) is 0 Å². The lowest BCUT2D eigenvalue weighted by molar-refractivity contribution is -0.146. The number of anilines is 1. The molecule has 0 aromatic heterocycles. The number of hydrogen-bond donors (Lipinski definition) is 2. The minimum absolute atomic E-state index is 0.326. The number of fused-ring (bicyclic) bond motifs is 1. The number of ether oxygens (including phenoxy) is 3. The predicted octanol–water partition coefficient (Wildman–Crippen LogP) is 2.64. The highest BCUT2D eigenvalue weighted by atomic mass is 16.7.